The van der Waals surface area contributed by atoms with Gasteiger partial charge in [-0.05, 0) is 37.6 Å². The summed E-state index contributed by atoms with van der Waals surface area (Å²) in [5.74, 6) is 1.50. The maximum atomic E-state index is 14.2. The van der Waals surface area contributed by atoms with Crippen molar-refractivity contribution in [3.63, 3.8) is 0 Å². The third-order valence-electron chi connectivity index (χ3n) is 6.62. The molecule has 7 heteroatoms. The Hall–Kier alpha value is -3.45. The lowest BCUT2D eigenvalue weighted by molar-refractivity contribution is 0.575. The van der Waals surface area contributed by atoms with Gasteiger partial charge < -0.3 is 15.5 Å². The number of aromatic nitrogens is 3. The predicted molar refractivity (Wildman–Crippen MR) is 125 cm³/mol. The van der Waals surface area contributed by atoms with E-state index in [9.17, 15) is 4.39 Å². The van der Waals surface area contributed by atoms with E-state index in [0.29, 0.717) is 23.5 Å². The highest BCUT2D eigenvalue weighted by atomic mass is 19.1. The zero-order valence-electron chi connectivity index (χ0n) is 17.9. The zero-order chi connectivity index (χ0) is 21.7. The second kappa shape index (κ2) is 7.60. The largest absolute Gasteiger partial charge is 0.363 e. The molecule has 32 heavy (non-hydrogen) atoms. The second-order valence-corrected chi connectivity index (χ2v) is 8.69. The first-order chi connectivity index (χ1) is 15.7. The minimum Gasteiger partial charge on any atom is -0.363 e. The summed E-state index contributed by atoms with van der Waals surface area (Å²) in [6.45, 7) is 3.95. The number of hydrogen-bond donors (Lipinski definition) is 2. The van der Waals surface area contributed by atoms with Crippen LogP contribution in [0.3, 0.4) is 0 Å². The number of anilines is 2. The van der Waals surface area contributed by atoms with E-state index in [-0.39, 0.29) is 11.9 Å². The van der Waals surface area contributed by atoms with Gasteiger partial charge in [0.25, 0.3) is 0 Å². The summed E-state index contributed by atoms with van der Waals surface area (Å²) in [4.78, 5) is 6.91. The van der Waals surface area contributed by atoms with E-state index in [0.717, 1.165) is 35.5 Å². The fraction of sp³-hybridized carbons (Fsp3) is 0.280. The van der Waals surface area contributed by atoms with Gasteiger partial charge in [0.15, 0.2) is 5.82 Å². The highest BCUT2D eigenvalue weighted by Crippen LogP contribution is 2.35. The summed E-state index contributed by atoms with van der Waals surface area (Å²) in [5, 5.41) is 13.1. The number of fused-ring (bicyclic) bond motifs is 3. The first kappa shape index (κ1) is 19.3. The van der Waals surface area contributed by atoms with E-state index in [1.807, 2.05) is 35.9 Å². The number of hydrogen-bond acceptors (Lipinski definition) is 5. The molecule has 4 heterocycles. The Morgan fingerprint density at radius 1 is 1.12 bits per heavy atom. The lowest BCUT2D eigenvalue weighted by atomic mass is 10.1. The molecule has 2 aliphatic heterocycles. The number of benzene rings is 2. The number of pyridine rings is 1. The van der Waals surface area contributed by atoms with Crippen LogP contribution in [0.5, 0.6) is 0 Å². The molecule has 2 aromatic carbocycles. The smallest absolute Gasteiger partial charge is 0.159 e. The summed E-state index contributed by atoms with van der Waals surface area (Å²) in [6, 6.07) is 20.0. The molecule has 162 valence electrons. The maximum Gasteiger partial charge on any atom is 0.159 e. The average molecular weight is 429 g/mol. The molecule has 3 atom stereocenters. The highest BCUT2D eigenvalue weighted by molar-refractivity contribution is 5.92. The molecule has 2 fully saturated rings. The van der Waals surface area contributed by atoms with Crippen LogP contribution in [0.2, 0.25) is 0 Å². The van der Waals surface area contributed by atoms with Crippen LogP contribution in [-0.2, 0) is 0 Å². The van der Waals surface area contributed by atoms with E-state index in [1.165, 1.54) is 12.5 Å². The van der Waals surface area contributed by atoms with E-state index < -0.39 is 0 Å². The topological polar surface area (TPSA) is 58.0 Å². The van der Waals surface area contributed by atoms with Crippen molar-refractivity contribution >= 4 is 22.5 Å². The van der Waals surface area contributed by atoms with Gasteiger partial charge in [-0.3, -0.25) is 0 Å². The molecule has 0 amide bonds. The van der Waals surface area contributed by atoms with Crippen molar-refractivity contribution in [2.45, 2.75) is 31.5 Å². The van der Waals surface area contributed by atoms with Gasteiger partial charge in [-0.15, -0.1) is 5.10 Å². The van der Waals surface area contributed by atoms with E-state index >= 15 is 0 Å². The fourth-order valence-corrected chi connectivity index (χ4v) is 5.03. The quantitative estimate of drug-likeness (QED) is 0.497. The molecule has 4 aromatic rings. The Bertz CT molecular complexity index is 1280. The fourth-order valence-electron chi connectivity index (χ4n) is 5.03. The number of nitrogens with zero attached hydrogens (tertiary/aromatic N) is 4. The van der Waals surface area contributed by atoms with Gasteiger partial charge in [-0.25, -0.2) is 14.1 Å². The summed E-state index contributed by atoms with van der Waals surface area (Å²) in [5.41, 5.74) is 2.61. The van der Waals surface area contributed by atoms with Crippen LogP contribution in [0, 0.1) is 5.82 Å². The summed E-state index contributed by atoms with van der Waals surface area (Å²) in [6.07, 6.45) is 2.95. The number of nitrogens with one attached hydrogen (secondary N) is 2. The molecule has 0 saturated carbocycles. The van der Waals surface area contributed by atoms with Gasteiger partial charge in [0.2, 0.25) is 0 Å². The second-order valence-electron chi connectivity index (χ2n) is 8.69. The van der Waals surface area contributed by atoms with Crippen molar-refractivity contribution < 1.29 is 4.39 Å². The third kappa shape index (κ3) is 3.20. The first-order valence-corrected chi connectivity index (χ1v) is 11.1. The number of halogens is 1. The molecule has 0 aliphatic carbocycles. The molecule has 0 unspecified atom stereocenters. The Morgan fingerprint density at radius 2 is 1.97 bits per heavy atom. The molecule has 2 aliphatic rings. The molecule has 2 N–H and O–H groups in total. The Balaban J connectivity index is 1.35. The molecule has 0 radical (unpaired) electrons. The molecule has 2 aromatic heterocycles. The van der Waals surface area contributed by atoms with Crippen molar-refractivity contribution in [1.29, 1.82) is 0 Å². The predicted octanol–water partition coefficient (Wildman–Crippen LogP) is 4.28. The van der Waals surface area contributed by atoms with Gasteiger partial charge in [-0.2, -0.15) is 0 Å². The molecule has 6 nitrogen and oxygen atoms in total. The molecule has 0 spiro atoms. The minimum absolute atomic E-state index is 0.212. The normalized spacial score (nSPS) is 20.8. The van der Waals surface area contributed by atoms with Crippen LogP contribution in [0.4, 0.5) is 16.0 Å². The zero-order valence-corrected chi connectivity index (χ0v) is 17.9. The third-order valence-corrected chi connectivity index (χ3v) is 6.62. The van der Waals surface area contributed by atoms with E-state index in [4.69, 9.17) is 5.10 Å². The van der Waals surface area contributed by atoms with Crippen molar-refractivity contribution in [3.05, 3.63) is 78.2 Å². The van der Waals surface area contributed by atoms with Crippen LogP contribution in [0.15, 0.2) is 66.9 Å². The van der Waals surface area contributed by atoms with Crippen LogP contribution < -0.4 is 15.5 Å². The molecular formula is C25H25FN6. The van der Waals surface area contributed by atoms with Crippen molar-refractivity contribution in [1.82, 2.24) is 20.1 Å². The van der Waals surface area contributed by atoms with Gasteiger partial charge in [0.1, 0.15) is 11.6 Å². The van der Waals surface area contributed by atoms with Gasteiger partial charge in [-0.1, -0.05) is 30.3 Å². The average Bonchev–Trinajstić information content (AvgIpc) is 3.54. The van der Waals surface area contributed by atoms with Crippen molar-refractivity contribution in [3.8, 4) is 5.69 Å². The molecule has 2 saturated heterocycles. The van der Waals surface area contributed by atoms with Crippen LogP contribution in [-0.4, -0.2) is 39.9 Å². The van der Waals surface area contributed by atoms with Crippen LogP contribution in [0.1, 0.15) is 24.9 Å². The van der Waals surface area contributed by atoms with Gasteiger partial charge in [0.05, 0.1) is 17.2 Å². The summed E-state index contributed by atoms with van der Waals surface area (Å²) in [7, 11) is 0. The van der Waals surface area contributed by atoms with Crippen LogP contribution >= 0.6 is 0 Å². The number of para-hydroxylation sites is 1. The first-order valence-electron chi connectivity index (χ1n) is 11.1. The lowest BCUT2D eigenvalue weighted by Gasteiger charge is -2.27. The standard InChI is InChI=1S/C25H25FN6/c1-16(20-6-2-4-8-22(20)26)29-24-13-18(10-11-27-24)32-23-9-5-3-7-21(23)25(30-32)31-15-17-12-19(31)14-28-17/h2-11,13,16-17,19,28H,12,14-15H2,1H3,(H,27,29)/t16-,17-,19-/m0/s1. The number of rotatable bonds is 5. The Morgan fingerprint density at radius 3 is 2.78 bits per heavy atom. The molecule has 2 bridgehead atoms. The maximum absolute atomic E-state index is 14.2. The van der Waals surface area contributed by atoms with Crippen molar-refractivity contribution in [2.24, 2.45) is 0 Å². The highest BCUT2D eigenvalue weighted by Gasteiger charge is 2.39. The van der Waals surface area contributed by atoms with Crippen LogP contribution in [0.25, 0.3) is 16.6 Å². The minimum atomic E-state index is -0.222. The van der Waals surface area contributed by atoms with Gasteiger partial charge in [0, 0.05) is 48.4 Å². The monoisotopic (exact) mass is 428 g/mol. The van der Waals surface area contributed by atoms with Crippen molar-refractivity contribution in [2.75, 3.05) is 23.3 Å². The summed E-state index contributed by atoms with van der Waals surface area (Å²) < 4.78 is 16.2. The number of piperazine rings is 1. The van der Waals surface area contributed by atoms with E-state index in [2.05, 4.69) is 38.7 Å². The summed E-state index contributed by atoms with van der Waals surface area (Å²) >= 11 is 0. The lowest BCUT2D eigenvalue weighted by Crippen LogP contribution is -2.43. The SMILES string of the molecule is C[C@H](Nc1cc(-n2nc(N3C[C@@H]4C[C@H]3CN4)c3ccccc32)ccn1)c1ccccc1F. The Kier molecular flexibility index (Phi) is 4.57. The molecular weight excluding hydrogens is 403 g/mol. The van der Waals surface area contributed by atoms with E-state index in [1.54, 1.807) is 18.3 Å². The van der Waals surface area contributed by atoms with Gasteiger partial charge >= 0.3 is 0 Å². The molecule has 6 rings (SSSR count). The Labute approximate surface area is 186 Å².